The Morgan fingerprint density at radius 2 is 2.00 bits per heavy atom. The van der Waals surface area contributed by atoms with Crippen molar-refractivity contribution in [2.75, 3.05) is 26.2 Å². The number of aliphatic hydroxyl groups is 1. The zero-order valence-electron chi connectivity index (χ0n) is 15.8. The van der Waals surface area contributed by atoms with Gasteiger partial charge < -0.3 is 9.67 Å². The molecule has 0 bridgehead atoms. The van der Waals surface area contributed by atoms with Gasteiger partial charge in [-0.25, -0.2) is 4.98 Å². The molecule has 1 N–H and O–H groups in total. The lowest BCUT2D eigenvalue weighted by Gasteiger charge is -2.44. The van der Waals surface area contributed by atoms with Gasteiger partial charge in [0.2, 0.25) is 0 Å². The van der Waals surface area contributed by atoms with E-state index in [1.165, 1.54) is 31.4 Å². The van der Waals surface area contributed by atoms with Crippen molar-refractivity contribution in [1.29, 1.82) is 0 Å². The van der Waals surface area contributed by atoms with Gasteiger partial charge in [-0.05, 0) is 43.5 Å². The molecule has 2 aromatic heterocycles. The largest absolute Gasteiger partial charge is 0.396 e. The molecule has 4 rings (SSSR count). The molecule has 0 amide bonds. The third kappa shape index (κ3) is 4.37. The summed E-state index contributed by atoms with van der Waals surface area (Å²) in [5, 5.41) is 10.2. The molecular weight excluding hydrogens is 360 g/mol. The number of aliphatic hydroxyl groups excluding tert-OH is 1. The van der Waals surface area contributed by atoms with Crippen LogP contribution in [0.5, 0.6) is 0 Å². The molecule has 3 heterocycles. The van der Waals surface area contributed by atoms with Gasteiger partial charge >= 0.3 is 0 Å². The highest BCUT2D eigenvalue weighted by Gasteiger charge is 2.33. The van der Waals surface area contributed by atoms with Gasteiger partial charge in [-0.3, -0.25) is 9.80 Å². The molecule has 1 saturated carbocycles. The van der Waals surface area contributed by atoms with Crippen LogP contribution in [-0.2, 0) is 6.54 Å². The third-order valence-corrected chi connectivity index (χ3v) is 6.27. The number of hydrogen-bond donors (Lipinski definition) is 1. The van der Waals surface area contributed by atoms with Gasteiger partial charge in [0, 0.05) is 63.0 Å². The Kier molecular flexibility index (Phi) is 6.13. The summed E-state index contributed by atoms with van der Waals surface area (Å²) < 4.78 is 2.14. The van der Waals surface area contributed by atoms with E-state index in [2.05, 4.69) is 37.7 Å². The molecule has 0 spiro atoms. The van der Waals surface area contributed by atoms with E-state index in [1.807, 2.05) is 12.1 Å². The lowest BCUT2D eigenvalue weighted by Crippen LogP contribution is -2.56. The molecule has 0 aromatic carbocycles. The van der Waals surface area contributed by atoms with E-state index in [-0.39, 0.29) is 6.61 Å². The molecule has 2 aromatic rings. The zero-order chi connectivity index (χ0) is 18.6. The number of nitrogens with zero attached hydrogens (tertiary/aromatic N) is 4. The van der Waals surface area contributed by atoms with E-state index in [4.69, 9.17) is 11.6 Å². The summed E-state index contributed by atoms with van der Waals surface area (Å²) in [6.07, 6.45) is 9.99. The number of piperazine rings is 1. The van der Waals surface area contributed by atoms with E-state index >= 15 is 0 Å². The molecule has 2 aliphatic rings. The summed E-state index contributed by atoms with van der Waals surface area (Å²) in [5.41, 5.74) is 1.24. The van der Waals surface area contributed by atoms with Crippen LogP contribution < -0.4 is 0 Å². The van der Waals surface area contributed by atoms with Gasteiger partial charge in [0.05, 0.1) is 5.02 Å². The Bertz CT molecular complexity index is 726. The molecule has 146 valence electrons. The molecule has 6 heteroatoms. The second-order valence-corrected chi connectivity index (χ2v) is 8.22. The van der Waals surface area contributed by atoms with Crippen LogP contribution in [0.2, 0.25) is 5.02 Å². The molecule has 2 fully saturated rings. The van der Waals surface area contributed by atoms with E-state index in [1.54, 1.807) is 6.20 Å². The average molecular weight is 389 g/mol. The molecular formula is C21H29ClN4O. The summed E-state index contributed by atoms with van der Waals surface area (Å²) in [4.78, 5) is 9.66. The third-order valence-electron chi connectivity index (χ3n) is 6.05. The maximum atomic E-state index is 9.57. The Morgan fingerprint density at radius 3 is 2.74 bits per heavy atom. The molecule has 1 atom stereocenters. The Labute approximate surface area is 166 Å². The smallest absolute Gasteiger partial charge is 0.136 e. The van der Waals surface area contributed by atoms with Crippen molar-refractivity contribution >= 4 is 11.6 Å². The van der Waals surface area contributed by atoms with Crippen molar-refractivity contribution in [2.24, 2.45) is 0 Å². The van der Waals surface area contributed by atoms with Crippen LogP contribution in [0, 0.1) is 0 Å². The standard InChI is InChI=1S/C21H29ClN4O/c22-17-7-8-21(23-14-17)26-10-3-6-19(26)15-24-11-12-25(18-4-1-2-5-18)20(16-24)9-13-27/h3,6-8,10,14,18,20,27H,1-2,4-5,9,11-13,15-16H2/t20-/m1/s1. The molecule has 27 heavy (non-hydrogen) atoms. The fraction of sp³-hybridized carbons (Fsp3) is 0.571. The van der Waals surface area contributed by atoms with Crippen LogP contribution in [0.25, 0.3) is 5.82 Å². The van der Waals surface area contributed by atoms with E-state index in [0.29, 0.717) is 11.1 Å². The summed E-state index contributed by atoms with van der Waals surface area (Å²) in [7, 11) is 0. The highest BCUT2D eigenvalue weighted by molar-refractivity contribution is 6.30. The monoisotopic (exact) mass is 388 g/mol. The van der Waals surface area contributed by atoms with E-state index in [9.17, 15) is 5.11 Å². The summed E-state index contributed by atoms with van der Waals surface area (Å²) >= 11 is 5.98. The van der Waals surface area contributed by atoms with E-state index in [0.717, 1.165) is 44.5 Å². The Morgan fingerprint density at radius 1 is 1.15 bits per heavy atom. The lowest BCUT2D eigenvalue weighted by atomic mass is 10.0. The van der Waals surface area contributed by atoms with Gasteiger partial charge in [-0.15, -0.1) is 0 Å². The number of hydrogen-bond acceptors (Lipinski definition) is 4. The molecule has 0 unspecified atom stereocenters. The number of halogens is 1. The summed E-state index contributed by atoms with van der Waals surface area (Å²) in [6, 6.07) is 9.27. The van der Waals surface area contributed by atoms with Gasteiger partial charge in [-0.1, -0.05) is 24.4 Å². The first kappa shape index (κ1) is 18.9. The van der Waals surface area contributed by atoms with Crippen molar-refractivity contribution in [3.8, 4) is 5.82 Å². The van der Waals surface area contributed by atoms with Crippen molar-refractivity contribution in [2.45, 2.75) is 50.7 Å². The minimum atomic E-state index is 0.271. The second-order valence-electron chi connectivity index (χ2n) is 7.78. The quantitative estimate of drug-likeness (QED) is 0.824. The van der Waals surface area contributed by atoms with Gasteiger partial charge in [0.15, 0.2) is 0 Å². The number of pyridine rings is 1. The lowest BCUT2D eigenvalue weighted by molar-refractivity contribution is 0.0261. The molecule has 1 aliphatic carbocycles. The minimum absolute atomic E-state index is 0.271. The fourth-order valence-corrected chi connectivity index (χ4v) is 4.82. The van der Waals surface area contributed by atoms with Gasteiger partial charge in [-0.2, -0.15) is 0 Å². The summed E-state index contributed by atoms with van der Waals surface area (Å²) in [6.45, 7) is 4.38. The average Bonchev–Trinajstić information content (AvgIpc) is 3.35. The van der Waals surface area contributed by atoms with Crippen LogP contribution in [0.3, 0.4) is 0 Å². The molecule has 0 radical (unpaired) electrons. The van der Waals surface area contributed by atoms with Crippen LogP contribution in [-0.4, -0.2) is 62.8 Å². The SMILES string of the molecule is OCC[C@@H]1CN(Cc2cccn2-c2ccc(Cl)cn2)CCN1C1CCCC1. The van der Waals surface area contributed by atoms with Crippen molar-refractivity contribution < 1.29 is 5.11 Å². The van der Waals surface area contributed by atoms with Crippen LogP contribution in [0.1, 0.15) is 37.8 Å². The fourth-order valence-electron chi connectivity index (χ4n) is 4.71. The normalized spacial score (nSPS) is 22.5. The first-order valence-electron chi connectivity index (χ1n) is 10.1. The van der Waals surface area contributed by atoms with Crippen molar-refractivity contribution in [1.82, 2.24) is 19.4 Å². The van der Waals surface area contributed by atoms with E-state index < -0.39 is 0 Å². The topological polar surface area (TPSA) is 44.5 Å². The van der Waals surface area contributed by atoms with Crippen LogP contribution in [0.4, 0.5) is 0 Å². The van der Waals surface area contributed by atoms with Gasteiger partial charge in [0.1, 0.15) is 5.82 Å². The highest BCUT2D eigenvalue weighted by Crippen LogP contribution is 2.28. The highest BCUT2D eigenvalue weighted by atomic mass is 35.5. The predicted molar refractivity (Wildman–Crippen MR) is 108 cm³/mol. The van der Waals surface area contributed by atoms with Crippen LogP contribution >= 0.6 is 11.6 Å². The zero-order valence-corrected chi connectivity index (χ0v) is 16.6. The second kappa shape index (κ2) is 8.74. The first-order chi connectivity index (χ1) is 13.2. The molecule has 5 nitrogen and oxygen atoms in total. The van der Waals surface area contributed by atoms with Crippen molar-refractivity contribution in [3.05, 3.63) is 47.4 Å². The number of rotatable bonds is 6. The maximum Gasteiger partial charge on any atom is 0.136 e. The number of aromatic nitrogens is 2. The van der Waals surface area contributed by atoms with Gasteiger partial charge in [0.25, 0.3) is 0 Å². The first-order valence-corrected chi connectivity index (χ1v) is 10.5. The maximum absolute atomic E-state index is 9.57. The molecule has 1 aliphatic heterocycles. The Hall–Kier alpha value is -1.40. The van der Waals surface area contributed by atoms with Crippen molar-refractivity contribution in [3.63, 3.8) is 0 Å². The summed E-state index contributed by atoms with van der Waals surface area (Å²) in [5.74, 6) is 0.899. The van der Waals surface area contributed by atoms with Crippen LogP contribution in [0.15, 0.2) is 36.7 Å². The Balaban J connectivity index is 1.44. The predicted octanol–water partition coefficient (Wildman–Crippen LogP) is 3.34. The molecule has 1 saturated heterocycles. The minimum Gasteiger partial charge on any atom is -0.396 e.